The van der Waals surface area contributed by atoms with Gasteiger partial charge in [0.05, 0.1) is 23.8 Å². The quantitative estimate of drug-likeness (QED) is 0.703. The van der Waals surface area contributed by atoms with Crippen LogP contribution in [-0.4, -0.2) is 32.2 Å². The lowest BCUT2D eigenvalue weighted by molar-refractivity contribution is 0.593. The third-order valence-electron chi connectivity index (χ3n) is 2.17. The van der Waals surface area contributed by atoms with Crippen LogP contribution in [0.4, 0.5) is 10.1 Å². The minimum Gasteiger partial charge on any atom is -0.317 e. The van der Waals surface area contributed by atoms with Gasteiger partial charge in [0.1, 0.15) is 5.82 Å². The highest BCUT2D eigenvalue weighted by Gasteiger charge is 2.10. The highest BCUT2D eigenvalue weighted by Crippen LogP contribution is 2.09. The minimum absolute atomic E-state index is 0.000226. The van der Waals surface area contributed by atoms with Crippen LogP contribution in [-0.2, 0) is 10.0 Å². The number of pyridine rings is 1. The van der Waals surface area contributed by atoms with Gasteiger partial charge in [-0.25, -0.2) is 12.8 Å². The summed E-state index contributed by atoms with van der Waals surface area (Å²) >= 11 is 0. The number of aromatic nitrogens is 1. The average molecular weight is 275 g/mol. The fraction of sp³-hybridized carbons (Fsp3) is 0.545. The summed E-state index contributed by atoms with van der Waals surface area (Å²) in [4.78, 5) is 3.57. The smallest absolute Gasteiger partial charge is 0.232 e. The normalized spacial score (nSPS) is 11.4. The number of sulfonamides is 1. The van der Waals surface area contributed by atoms with Crippen molar-refractivity contribution in [1.29, 1.82) is 0 Å². The van der Waals surface area contributed by atoms with Crippen molar-refractivity contribution in [3.8, 4) is 0 Å². The molecule has 5 nitrogen and oxygen atoms in total. The standard InChI is InChI=1S/C11H18FN3O2S/c1-2-4-13-5-3-6-18(16,17)15-11-7-10(12)8-14-9-11/h7-9,13,15H,2-6H2,1H3. The van der Waals surface area contributed by atoms with Gasteiger partial charge in [0, 0.05) is 6.07 Å². The Bertz CT molecular complexity index is 465. The van der Waals surface area contributed by atoms with Crippen LogP contribution in [0.1, 0.15) is 19.8 Å². The Morgan fingerprint density at radius 3 is 2.78 bits per heavy atom. The summed E-state index contributed by atoms with van der Waals surface area (Å²) in [7, 11) is -3.44. The summed E-state index contributed by atoms with van der Waals surface area (Å²) in [6.45, 7) is 3.57. The van der Waals surface area contributed by atoms with Crippen LogP contribution < -0.4 is 10.0 Å². The van der Waals surface area contributed by atoms with Crippen LogP contribution in [0.15, 0.2) is 18.5 Å². The van der Waals surface area contributed by atoms with Crippen LogP contribution in [0.25, 0.3) is 0 Å². The van der Waals surface area contributed by atoms with Gasteiger partial charge in [0.25, 0.3) is 0 Å². The Balaban J connectivity index is 2.40. The first-order chi connectivity index (χ1) is 8.53. The molecule has 7 heteroatoms. The number of nitrogens with one attached hydrogen (secondary N) is 2. The summed E-state index contributed by atoms with van der Waals surface area (Å²) < 4.78 is 38.4. The second-order valence-electron chi connectivity index (χ2n) is 3.92. The molecule has 1 aromatic heterocycles. The zero-order chi connectivity index (χ0) is 13.4. The van der Waals surface area contributed by atoms with Gasteiger partial charge in [-0.2, -0.15) is 0 Å². The predicted octanol–water partition coefficient (Wildman–Crippen LogP) is 1.35. The van der Waals surface area contributed by atoms with Crippen molar-refractivity contribution < 1.29 is 12.8 Å². The lowest BCUT2D eigenvalue weighted by atomic mass is 10.4. The third kappa shape index (κ3) is 5.92. The fourth-order valence-corrected chi connectivity index (χ4v) is 2.48. The van der Waals surface area contributed by atoms with Crippen molar-refractivity contribution in [3.63, 3.8) is 0 Å². The molecular weight excluding hydrogens is 257 g/mol. The van der Waals surface area contributed by atoms with Gasteiger partial charge in [-0.1, -0.05) is 6.92 Å². The van der Waals surface area contributed by atoms with Gasteiger partial charge in [0.2, 0.25) is 10.0 Å². The molecule has 0 saturated carbocycles. The Morgan fingerprint density at radius 1 is 1.33 bits per heavy atom. The summed E-state index contributed by atoms with van der Waals surface area (Å²) in [6, 6.07) is 1.10. The van der Waals surface area contributed by atoms with Crippen molar-refractivity contribution in [2.45, 2.75) is 19.8 Å². The largest absolute Gasteiger partial charge is 0.317 e. The molecule has 0 amide bonds. The zero-order valence-corrected chi connectivity index (χ0v) is 11.1. The predicted molar refractivity (Wildman–Crippen MR) is 69.4 cm³/mol. The molecule has 0 aliphatic rings. The molecule has 102 valence electrons. The SMILES string of the molecule is CCCNCCCS(=O)(=O)Nc1cncc(F)c1. The third-order valence-corrected chi connectivity index (χ3v) is 3.54. The van der Waals surface area contributed by atoms with Gasteiger partial charge in [-0.05, 0) is 25.9 Å². The molecule has 0 spiro atoms. The van der Waals surface area contributed by atoms with Crippen LogP contribution in [0.2, 0.25) is 0 Å². The van der Waals surface area contributed by atoms with Crippen molar-refractivity contribution in [3.05, 3.63) is 24.3 Å². The Morgan fingerprint density at radius 2 is 2.11 bits per heavy atom. The highest BCUT2D eigenvalue weighted by atomic mass is 32.2. The van der Waals surface area contributed by atoms with E-state index >= 15 is 0 Å². The zero-order valence-electron chi connectivity index (χ0n) is 10.3. The highest BCUT2D eigenvalue weighted by molar-refractivity contribution is 7.92. The average Bonchev–Trinajstić information content (AvgIpc) is 2.28. The molecule has 0 aromatic carbocycles. The molecule has 0 bridgehead atoms. The monoisotopic (exact) mass is 275 g/mol. The van der Waals surface area contributed by atoms with Crippen molar-refractivity contribution >= 4 is 15.7 Å². The first-order valence-corrected chi connectivity index (χ1v) is 7.50. The molecule has 2 N–H and O–H groups in total. The number of halogens is 1. The van der Waals surface area contributed by atoms with Crippen LogP contribution in [0, 0.1) is 5.82 Å². The molecule has 0 unspecified atom stereocenters. The van der Waals surface area contributed by atoms with E-state index in [2.05, 4.69) is 15.0 Å². The fourth-order valence-electron chi connectivity index (χ4n) is 1.39. The molecule has 0 aliphatic carbocycles. The van der Waals surface area contributed by atoms with Crippen LogP contribution >= 0.6 is 0 Å². The van der Waals surface area contributed by atoms with Gasteiger partial charge in [-0.3, -0.25) is 9.71 Å². The molecule has 1 heterocycles. The second kappa shape index (κ2) is 7.27. The molecule has 1 aromatic rings. The van der Waals surface area contributed by atoms with E-state index in [-0.39, 0.29) is 11.4 Å². The van der Waals surface area contributed by atoms with E-state index in [0.717, 1.165) is 25.2 Å². The Labute approximate surface area is 107 Å². The van der Waals surface area contributed by atoms with E-state index in [9.17, 15) is 12.8 Å². The number of anilines is 1. The number of nitrogens with zero attached hydrogens (tertiary/aromatic N) is 1. The molecule has 0 aliphatic heterocycles. The molecule has 0 radical (unpaired) electrons. The first kappa shape index (κ1) is 14.8. The second-order valence-corrected chi connectivity index (χ2v) is 5.76. The molecule has 1 rings (SSSR count). The van der Waals surface area contributed by atoms with Gasteiger partial charge in [0.15, 0.2) is 0 Å². The minimum atomic E-state index is -3.44. The lowest BCUT2D eigenvalue weighted by Crippen LogP contribution is -2.22. The topological polar surface area (TPSA) is 71.1 Å². The van der Waals surface area contributed by atoms with Gasteiger partial charge in [-0.15, -0.1) is 0 Å². The number of hydrogen-bond acceptors (Lipinski definition) is 4. The Hall–Kier alpha value is -1.21. The number of hydrogen-bond donors (Lipinski definition) is 2. The van der Waals surface area contributed by atoms with E-state index in [1.807, 2.05) is 6.92 Å². The lowest BCUT2D eigenvalue weighted by Gasteiger charge is -2.08. The van der Waals surface area contributed by atoms with E-state index < -0.39 is 15.8 Å². The summed E-state index contributed by atoms with van der Waals surface area (Å²) in [6.07, 6.45) is 3.82. The van der Waals surface area contributed by atoms with E-state index in [0.29, 0.717) is 13.0 Å². The van der Waals surface area contributed by atoms with E-state index in [1.54, 1.807) is 0 Å². The molecule has 0 atom stereocenters. The van der Waals surface area contributed by atoms with Crippen molar-refractivity contribution in [2.75, 3.05) is 23.6 Å². The number of rotatable bonds is 8. The van der Waals surface area contributed by atoms with Crippen molar-refractivity contribution in [2.24, 2.45) is 0 Å². The maximum atomic E-state index is 12.8. The molecule has 0 fully saturated rings. The maximum absolute atomic E-state index is 12.8. The first-order valence-electron chi connectivity index (χ1n) is 5.85. The molecule has 0 saturated heterocycles. The van der Waals surface area contributed by atoms with Crippen LogP contribution in [0.3, 0.4) is 0 Å². The maximum Gasteiger partial charge on any atom is 0.232 e. The summed E-state index contributed by atoms with van der Waals surface area (Å²) in [5.41, 5.74) is 0.150. The van der Waals surface area contributed by atoms with Crippen molar-refractivity contribution in [1.82, 2.24) is 10.3 Å². The molecular formula is C11H18FN3O2S. The van der Waals surface area contributed by atoms with Crippen LogP contribution in [0.5, 0.6) is 0 Å². The Kier molecular flexibility index (Phi) is 6.00. The molecule has 18 heavy (non-hydrogen) atoms. The van der Waals surface area contributed by atoms with E-state index in [1.165, 1.54) is 6.20 Å². The van der Waals surface area contributed by atoms with Gasteiger partial charge >= 0.3 is 0 Å². The van der Waals surface area contributed by atoms with E-state index in [4.69, 9.17) is 0 Å². The summed E-state index contributed by atoms with van der Waals surface area (Å²) in [5.74, 6) is -0.569. The summed E-state index contributed by atoms with van der Waals surface area (Å²) in [5, 5.41) is 3.12. The van der Waals surface area contributed by atoms with Gasteiger partial charge < -0.3 is 5.32 Å².